The standard InChI is InChI=1S/C12H13FN4/c13-11-5-9(6-14)1-2-10(11)7-16-12-3-4-15-8-17-12/h1-5,8H,6-7,14H2,(H,15,16,17). The molecule has 0 fully saturated rings. The van der Waals surface area contributed by atoms with Crippen LogP contribution in [0.3, 0.4) is 0 Å². The summed E-state index contributed by atoms with van der Waals surface area (Å²) < 4.78 is 13.6. The first-order valence-corrected chi connectivity index (χ1v) is 5.27. The van der Waals surface area contributed by atoms with E-state index in [9.17, 15) is 4.39 Å². The van der Waals surface area contributed by atoms with Gasteiger partial charge in [-0.15, -0.1) is 0 Å². The van der Waals surface area contributed by atoms with E-state index in [-0.39, 0.29) is 5.82 Å². The van der Waals surface area contributed by atoms with E-state index in [4.69, 9.17) is 5.73 Å². The molecule has 3 N–H and O–H groups in total. The number of nitrogens with two attached hydrogens (primary N) is 1. The summed E-state index contributed by atoms with van der Waals surface area (Å²) in [6, 6.07) is 6.73. The number of aromatic nitrogens is 2. The number of hydrogen-bond acceptors (Lipinski definition) is 4. The van der Waals surface area contributed by atoms with Crippen LogP contribution in [0.5, 0.6) is 0 Å². The predicted octanol–water partition coefficient (Wildman–Crippen LogP) is 1.69. The van der Waals surface area contributed by atoms with Crippen LogP contribution in [0.1, 0.15) is 11.1 Å². The molecule has 0 bridgehead atoms. The van der Waals surface area contributed by atoms with Crippen LogP contribution in [0.4, 0.5) is 10.2 Å². The molecular weight excluding hydrogens is 219 g/mol. The Kier molecular flexibility index (Phi) is 3.62. The summed E-state index contributed by atoms with van der Waals surface area (Å²) in [6.07, 6.45) is 3.07. The molecule has 1 aromatic carbocycles. The first kappa shape index (κ1) is 11.5. The van der Waals surface area contributed by atoms with Crippen LogP contribution >= 0.6 is 0 Å². The van der Waals surface area contributed by atoms with Crippen molar-refractivity contribution in [1.29, 1.82) is 0 Å². The third-order valence-electron chi connectivity index (χ3n) is 2.40. The Morgan fingerprint density at radius 1 is 1.29 bits per heavy atom. The minimum absolute atomic E-state index is 0.255. The summed E-state index contributed by atoms with van der Waals surface area (Å²) in [6.45, 7) is 0.726. The van der Waals surface area contributed by atoms with Gasteiger partial charge in [0.05, 0.1) is 0 Å². The minimum Gasteiger partial charge on any atom is -0.366 e. The highest BCUT2D eigenvalue weighted by Gasteiger charge is 2.03. The summed E-state index contributed by atoms with van der Waals surface area (Å²) >= 11 is 0. The number of anilines is 1. The summed E-state index contributed by atoms with van der Waals surface area (Å²) in [4.78, 5) is 7.79. The van der Waals surface area contributed by atoms with E-state index in [1.54, 1.807) is 18.3 Å². The van der Waals surface area contributed by atoms with Crippen molar-refractivity contribution in [2.45, 2.75) is 13.1 Å². The molecule has 5 heteroatoms. The Balaban J connectivity index is 2.04. The predicted molar refractivity (Wildman–Crippen MR) is 63.7 cm³/mol. The second-order valence-corrected chi connectivity index (χ2v) is 3.58. The Hall–Kier alpha value is -2.01. The molecule has 2 rings (SSSR count). The fraction of sp³-hybridized carbons (Fsp3) is 0.167. The van der Waals surface area contributed by atoms with E-state index in [0.717, 1.165) is 5.56 Å². The second-order valence-electron chi connectivity index (χ2n) is 3.58. The van der Waals surface area contributed by atoms with Gasteiger partial charge in [0.15, 0.2) is 0 Å². The van der Waals surface area contributed by atoms with Gasteiger partial charge < -0.3 is 11.1 Å². The van der Waals surface area contributed by atoms with Gasteiger partial charge in [-0.05, 0) is 17.7 Å². The molecular formula is C12H13FN4. The Morgan fingerprint density at radius 2 is 2.18 bits per heavy atom. The number of nitrogens with zero attached hydrogens (tertiary/aromatic N) is 2. The van der Waals surface area contributed by atoms with E-state index in [2.05, 4.69) is 15.3 Å². The molecule has 88 valence electrons. The summed E-state index contributed by atoms with van der Waals surface area (Å²) in [5, 5.41) is 3.02. The average Bonchev–Trinajstić information content (AvgIpc) is 2.38. The third-order valence-corrected chi connectivity index (χ3v) is 2.40. The van der Waals surface area contributed by atoms with Crippen LogP contribution in [-0.2, 0) is 13.1 Å². The van der Waals surface area contributed by atoms with Gasteiger partial charge in [0.1, 0.15) is 18.0 Å². The van der Waals surface area contributed by atoms with Crippen molar-refractivity contribution in [1.82, 2.24) is 9.97 Å². The zero-order chi connectivity index (χ0) is 12.1. The number of benzene rings is 1. The summed E-state index contributed by atoms with van der Waals surface area (Å²) in [5.41, 5.74) is 6.80. The van der Waals surface area contributed by atoms with Gasteiger partial charge in [-0.25, -0.2) is 14.4 Å². The molecule has 1 aromatic heterocycles. The molecule has 0 amide bonds. The number of nitrogens with one attached hydrogen (secondary N) is 1. The zero-order valence-electron chi connectivity index (χ0n) is 9.23. The van der Waals surface area contributed by atoms with Crippen molar-refractivity contribution < 1.29 is 4.39 Å². The minimum atomic E-state index is -0.255. The van der Waals surface area contributed by atoms with Crippen LogP contribution < -0.4 is 11.1 Å². The van der Waals surface area contributed by atoms with E-state index in [0.29, 0.717) is 24.5 Å². The molecule has 2 aromatic rings. The maximum atomic E-state index is 13.6. The third kappa shape index (κ3) is 2.98. The van der Waals surface area contributed by atoms with Gasteiger partial charge in [0.25, 0.3) is 0 Å². The fourth-order valence-electron chi connectivity index (χ4n) is 1.44. The lowest BCUT2D eigenvalue weighted by molar-refractivity contribution is 0.610. The number of hydrogen-bond donors (Lipinski definition) is 2. The molecule has 17 heavy (non-hydrogen) atoms. The van der Waals surface area contributed by atoms with Crippen molar-refractivity contribution in [2.24, 2.45) is 5.73 Å². The summed E-state index contributed by atoms with van der Waals surface area (Å²) in [7, 11) is 0. The van der Waals surface area contributed by atoms with Crippen molar-refractivity contribution in [3.63, 3.8) is 0 Å². The average molecular weight is 232 g/mol. The fourth-order valence-corrected chi connectivity index (χ4v) is 1.44. The smallest absolute Gasteiger partial charge is 0.129 e. The van der Waals surface area contributed by atoms with Gasteiger partial charge in [-0.3, -0.25) is 0 Å². The molecule has 0 spiro atoms. The highest BCUT2D eigenvalue weighted by molar-refractivity contribution is 5.34. The first-order chi connectivity index (χ1) is 8.29. The molecule has 0 aliphatic heterocycles. The number of halogens is 1. The molecule has 4 nitrogen and oxygen atoms in total. The van der Waals surface area contributed by atoms with Crippen molar-refractivity contribution in [2.75, 3.05) is 5.32 Å². The SMILES string of the molecule is NCc1ccc(CNc2ccncn2)c(F)c1. The second kappa shape index (κ2) is 5.36. The van der Waals surface area contributed by atoms with Crippen LogP contribution in [0.15, 0.2) is 36.8 Å². The maximum Gasteiger partial charge on any atom is 0.129 e. The van der Waals surface area contributed by atoms with E-state index >= 15 is 0 Å². The normalized spacial score (nSPS) is 10.2. The monoisotopic (exact) mass is 232 g/mol. The van der Waals surface area contributed by atoms with Crippen molar-refractivity contribution >= 4 is 5.82 Å². The Morgan fingerprint density at radius 3 is 2.82 bits per heavy atom. The van der Waals surface area contributed by atoms with Crippen LogP contribution in [0.25, 0.3) is 0 Å². The molecule has 0 radical (unpaired) electrons. The van der Waals surface area contributed by atoms with Crippen LogP contribution in [-0.4, -0.2) is 9.97 Å². The summed E-state index contributed by atoms with van der Waals surface area (Å²) in [5.74, 6) is 0.414. The highest BCUT2D eigenvalue weighted by Crippen LogP contribution is 2.12. The molecule has 0 aliphatic rings. The lowest BCUT2D eigenvalue weighted by Gasteiger charge is -2.07. The molecule has 0 aliphatic carbocycles. The van der Waals surface area contributed by atoms with Crippen molar-refractivity contribution in [3.05, 3.63) is 53.7 Å². The molecule has 0 saturated heterocycles. The molecule has 0 atom stereocenters. The van der Waals surface area contributed by atoms with Gasteiger partial charge >= 0.3 is 0 Å². The van der Waals surface area contributed by atoms with Gasteiger partial charge in [0, 0.05) is 24.8 Å². The lowest BCUT2D eigenvalue weighted by atomic mass is 10.1. The molecule has 0 unspecified atom stereocenters. The molecule has 0 saturated carbocycles. The maximum absolute atomic E-state index is 13.6. The topological polar surface area (TPSA) is 63.8 Å². The quantitative estimate of drug-likeness (QED) is 0.842. The molecule has 1 heterocycles. The van der Waals surface area contributed by atoms with Gasteiger partial charge in [-0.1, -0.05) is 12.1 Å². The number of rotatable bonds is 4. The Bertz CT molecular complexity index is 487. The van der Waals surface area contributed by atoms with Crippen molar-refractivity contribution in [3.8, 4) is 0 Å². The largest absolute Gasteiger partial charge is 0.366 e. The zero-order valence-corrected chi connectivity index (χ0v) is 9.23. The highest BCUT2D eigenvalue weighted by atomic mass is 19.1. The van der Waals surface area contributed by atoms with E-state index < -0.39 is 0 Å². The van der Waals surface area contributed by atoms with Crippen LogP contribution in [0.2, 0.25) is 0 Å². The van der Waals surface area contributed by atoms with Gasteiger partial charge in [0.2, 0.25) is 0 Å². The lowest BCUT2D eigenvalue weighted by Crippen LogP contribution is -2.05. The van der Waals surface area contributed by atoms with E-state index in [1.165, 1.54) is 12.4 Å². The van der Waals surface area contributed by atoms with Gasteiger partial charge in [-0.2, -0.15) is 0 Å². The van der Waals surface area contributed by atoms with Crippen LogP contribution in [0, 0.1) is 5.82 Å². The van der Waals surface area contributed by atoms with E-state index in [1.807, 2.05) is 6.07 Å². The Labute approximate surface area is 98.7 Å². The first-order valence-electron chi connectivity index (χ1n) is 5.27.